The molecule has 0 amide bonds. The zero-order valence-electron chi connectivity index (χ0n) is 20.4. The number of fused-ring (bicyclic) bond motifs is 2. The van der Waals surface area contributed by atoms with Crippen LogP contribution in [-0.2, 0) is 0 Å². The summed E-state index contributed by atoms with van der Waals surface area (Å²) in [7, 11) is 0. The Hall–Kier alpha value is -4.45. The largest absolute Gasteiger partial charge is 0.383 e. The zero-order chi connectivity index (χ0) is 24.8. The highest BCUT2D eigenvalue weighted by Gasteiger charge is 2.16. The van der Waals surface area contributed by atoms with E-state index in [0.29, 0.717) is 6.04 Å². The van der Waals surface area contributed by atoms with Gasteiger partial charge in [0.1, 0.15) is 17.0 Å². The maximum absolute atomic E-state index is 14.1. The highest BCUT2D eigenvalue weighted by Crippen LogP contribution is 2.35. The summed E-state index contributed by atoms with van der Waals surface area (Å²) in [6.07, 6.45) is 0. The molecule has 0 unspecified atom stereocenters. The molecular formula is C30H26FN5. The molecular weight excluding hydrogens is 449 g/mol. The Kier molecular flexibility index (Phi) is 5.29. The van der Waals surface area contributed by atoms with Crippen molar-refractivity contribution in [3.05, 3.63) is 90.2 Å². The van der Waals surface area contributed by atoms with Gasteiger partial charge in [0.2, 0.25) is 0 Å². The van der Waals surface area contributed by atoms with Crippen molar-refractivity contribution >= 4 is 27.6 Å². The normalized spacial score (nSPS) is 11.6. The number of benzene rings is 3. The summed E-state index contributed by atoms with van der Waals surface area (Å²) < 4.78 is 14.1. The van der Waals surface area contributed by atoms with Gasteiger partial charge in [-0.25, -0.2) is 9.37 Å². The van der Waals surface area contributed by atoms with Gasteiger partial charge in [-0.15, -0.1) is 0 Å². The lowest BCUT2D eigenvalue weighted by Gasteiger charge is -2.11. The van der Waals surface area contributed by atoms with Crippen molar-refractivity contribution in [2.75, 3.05) is 5.32 Å². The molecule has 6 heteroatoms. The van der Waals surface area contributed by atoms with Crippen molar-refractivity contribution in [3.8, 4) is 33.8 Å². The average molecular weight is 476 g/mol. The highest BCUT2D eigenvalue weighted by atomic mass is 19.1. The Bertz CT molecular complexity index is 1710. The van der Waals surface area contributed by atoms with Gasteiger partial charge in [-0.05, 0) is 86.0 Å². The molecule has 3 aromatic carbocycles. The molecule has 3 aromatic heterocycles. The first-order valence-corrected chi connectivity index (χ1v) is 12.1. The third-order valence-corrected chi connectivity index (χ3v) is 6.29. The predicted molar refractivity (Wildman–Crippen MR) is 146 cm³/mol. The maximum atomic E-state index is 14.1. The molecule has 0 aliphatic carbocycles. The van der Waals surface area contributed by atoms with Crippen LogP contribution in [0.3, 0.4) is 0 Å². The number of aryl methyl sites for hydroxylation is 1. The number of aromatic amines is 2. The van der Waals surface area contributed by atoms with Gasteiger partial charge in [-0.3, -0.25) is 5.10 Å². The lowest BCUT2D eigenvalue weighted by molar-refractivity contribution is 0.627. The minimum absolute atomic E-state index is 0.236. The highest BCUT2D eigenvalue weighted by molar-refractivity contribution is 6.00. The van der Waals surface area contributed by atoms with Crippen LogP contribution in [0.4, 0.5) is 10.1 Å². The fourth-order valence-electron chi connectivity index (χ4n) is 4.78. The van der Waals surface area contributed by atoms with Crippen LogP contribution in [0, 0.1) is 12.7 Å². The molecule has 0 saturated carbocycles. The molecule has 0 spiro atoms. The van der Waals surface area contributed by atoms with Crippen molar-refractivity contribution in [2.45, 2.75) is 26.8 Å². The van der Waals surface area contributed by atoms with E-state index in [-0.39, 0.29) is 5.82 Å². The molecule has 178 valence electrons. The fourth-order valence-corrected chi connectivity index (χ4v) is 4.78. The van der Waals surface area contributed by atoms with Crippen LogP contribution in [-0.4, -0.2) is 26.2 Å². The number of hydrogen-bond acceptors (Lipinski definition) is 3. The van der Waals surface area contributed by atoms with Gasteiger partial charge >= 0.3 is 0 Å². The SMILES string of the molecule is Cc1cc(F)cc(-c2cccc3[nH]c(-c4n[nH]c5ccc(-c6cccc(NC(C)C)c6)nc45)cc23)c1. The summed E-state index contributed by atoms with van der Waals surface area (Å²) in [5.41, 5.74) is 9.93. The summed E-state index contributed by atoms with van der Waals surface area (Å²) in [5, 5.41) is 12.2. The van der Waals surface area contributed by atoms with E-state index in [9.17, 15) is 4.39 Å². The predicted octanol–water partition coefficient (Wildman–Crippen LogP) is 7.71. The number of halogens is 1. The van der Waals surface area contributed by atoms with Crippen LogP contribution >= 0.6 is 0 Å². The van der Waals surface area contributed by atoms with E-state index in [0.717, 1.165) is 67.0 Å². The summed E-state index contributed by atoms with van der Waals surface area (Å²) in [6, 6.07) is 25.9. The molecule has 6 rings (SSSR count). The first kappa shape index (κ1) is 22.0. The molecule has 0 fully saturated rings. The van der Waals surface area contributed by atoms with Gasteiger partial charge in [-0.2, -0.15) is 5.10 Å². The van der Waals surface area contributed by atoms with Crippen LogP contribution in [0.1, 0.15) is 19.4 Å². The third kappa shape index (κ3) is 4.01. The number of nitrogens with zero attached hydrogens (tertiary/aromatic N) is 2. The fraction of sp³-hybridized carbons (Fsp3) is 0.133. The van der Waals surface area contributed by atoms with Crippen molar-refractivity contribution in [3.63, 3.8) is 0 Å². The molecule has 0 radical (unpaired) electrons. The van der Waals surface area contributed by atoms with E-state index >= 15 is 0 Å². The summed E-state index contributed by atoms with van der Waals surface area (Å²) in [4.78, 5) is 8.48. The number of pyridine rings is 1. The van der Waals surface area contributed by atoms with Crippen LogP contribution < -0.4 is 5.32 Å². The minimum atomic E-state index is -0.236. The quantitative estimate of drug-likeness (QED) is 0.239. The van der Waals surface area contributed by atoms with E-state index in [1.165, 1.54) is 0 Å². The van der Waals surface area contributed by atoms with Gasteiger partial charge in [0.25, 0.3) is 0 Å². The number of H-pyrrole nitrogens is 2. The first-order chi connectivity index (χ1) is 17.4. The van der Waals surface area contributed by atoms with Crippen LogP contribution in [0.5, 0.6) is 0 Å². The van der Waals surface area contributed by atoms with Crippen LogP contribution in [0.2, 0.25) is 0 Å². The Balaban J connectivity index is 1.45. The van der Waals surface area contributed by atoms with Gasteiger partial charge in [0.15, 0.2) is 0 Å². The summed E-state index contributed by atoms with van der Waals surface area (Å²) in [6.45, 7) is 6.15. The van der Waals surface area contributed by atoms with Crippen molar-refractivity contribution in [2.24, 2.45) is 0 Å². The molecule has 0 bridgehead atoms. The summed E-state index contributed by atoms with van der Waals surface area (Å²) in [5.74, 6) is -0.236. The number of aromatic nitrogens is 4. The smallest absolute Gasteiger partial charge is 0.135 e. The minimum Gasteiger partial charge on any atom is -0.383 e. The molecule has 6 aromatic rings. The van der Waals surface area contributed by atoms with Crippen LogP contribution in [0.25, 0.3) is 55.7 Å². The number of anilines is 1. The van der Waals surface area contributed by atoms with E-state index < -0.39 is 0 Å². The number of nitrogens with one attached hydrogen (secondary N) is 3. The first-order valence-electron chi connectivity index (χ1n) is 12.1. The molecule has 3 heterocycles. The topological polar surface area (TPSA) is 69.4 Å². The van der Waals surface area contributed by atoms with E-state index in [4.69, 9.17) is 4.98 Å². The molecule has 3 N–H and O–H groups in total. The molecule has 0 aliphatic heterocycles. The van der Waals surface area contributed by atoms with Crippen molar-refractivity contribution < 1.29 is 4.39 Å². The standard InChI is InChI=1S/C30H26FN5/c1-17(2)32-22-7-4-6-19(15-22)25-10-11-27-29(34-25)30(36-35-27)28-16-24-23(8-5-9-26(24)33-28)20-12-18(3)13-21(31)14-20/h4-17,32-33H,1-3H3,(H,35,36). The van der Waals surface area contributed by atoms with Gasteiger partial charge in [-0.1, -0.05) is 30.3 Å². The van der Waals surface area contributed by atoms with Crippen molar-refractivity contribution in [1.29, 1.82) is 0 Å². The van der Waals surface area contributed by atoms with Gasteiger partial charge in [0, 0.05) is 28.2 Å². The second kappa shape index (κ2) is 8.64. The van der Waals surface area contributed by atoms with E-state index in [2.05, 4.69) is 58.6 Å². The van der Waals surface area contributed by atoms with Crippen molar-refractivity contribution in [1.82, 2.24) is 20.2 Å². The Labute approximate surface area is 208 Å². The second-order valence-corrected chi connectivity index (χ2v) is 9.51. The van der Waals surface area contributed by atoms with Crippen LogP contribution in [0.15, 0.2) is 78.9 Å². The summed E-state index contributed by atoms with van der Waals surface area (Å²) >= 11 is 0. The second-order valence-electron chi connectivity index (χ2n) is 9.51. The zero-order valence-corrected chi connectivity index (χ0v) is 20.4. The Morgan fingerprint density at radius 3 is 2.56 bits per heavy atom. The Morgan fingerprint density at radius 1 is 0.861 bits per heavy atom. The number of hydrogen-bond donors (Lipinski definition) is 3. The monoisotopic (exact) mass is 475 g/mol. The molecule has 5 nitrogen and oxygen atoms in total. The Morgan fingerprint density at radius 2 is 1.72 bits per heavy atom. The molecule has 0 aliphatic rings. The maximum Gasteiger partial charge on any atom is 0.135 e. The lowest BCUT2D eigenvalue weighted by Crippen LogP contribution is -2.09. The number of rotatable bonds is 5. The lowest BCUT2D eigenvalue weighted by atomic mass is 10.00. The van der Waals surface area contributed by atoms with E-state index in [1.807, 2.05) is 49.4 Å². The molecule has 0 saturated heterocycles. The average Bonchev–Trinajstić information content (AvgIpc) is 3.46. The van der Waals surface area contributed by atoms with E-state index in [1.54, 1.807) is 12.1 Å². The van der Waals surface area contributed by atoms with Gasteiger partial charge < -0.3 is 10.3 Å². The molecule has 0 atom stereocenters. The molecule has 36 heavy (non-hydrogen) atoms. The third-order valence-electron chi connectivity index (χ3n) is 6.29. The van der Waals surface area contributed by atoms with Gasteiger partial charge in [0.05, 0.1) is 16.9 Å².